The normalized spacial score (nSPS) is 10.9. The molecule has 1 heteroatoms. The Morgan fingerprint density at radius 3 is 2.25 bits per heavy atom. The first-order chi connectivity index (χ1) is 3.85. The van der Waals surface area contributed by atoms with Crippen molar-refractivity contribution in [2.45, 2.75) is 0 Å². The first-order valence-corrected chi connectivity index (χ1v) is 2.35. The molecular weight excluding hydrogens is 103 g/mol. The van der Waals surface area contributed by atoms with E-state index in [-0.39, 0.29) is 0 Å². The van der Waals surface area contributed by atoms with Gasteiger partial charge in [-0.15, -0.1) is 0 Å². The minimum Gasteiger partial charge on any atom is -0.246 e. The third-order valence-corrected chi connectivity index (χ3v) is 0.748. The maximum Gasteiger partial charge on any atom is 0.114 e. The molecule has 0 unspecified atom stereocenters. The highest BCUT2D eigenvalue weighted by Gasteiger charge is 1.82. The van der Waals surface area contributed by atoms with Gasteiger partial charge in [0.1, 0.15) is 6.67 Å². The molecule has 8 heavy (non-hydrogen) atoms. The molecule has 0 amide bonds. The summed E-state index contributed by atoms with van der Waals surface area (Å²) in [5.41, 5.74) is 0.569. The quantitative estimate of drug-likeness (QED) is 0.491. The zero-order valence-electron chi connectivity index (χ0n) is 4.73. The fourth-order valence-electron chi connectivity index (χ4n) is 0.319. The molecule has 0 aliphatic heterocycles. The van der Waals surface area contributed by atoms with Crippen molar-refractivity contribution in [2.24, 2.45) is 0 Å². The number of rotatable bonds is 3. The van der Waals surface area contributed by atoms with Crippen LogP contribution in [0.25, 0.3) is 0 Å². The van der Waals surface area contributed by atoms with Gasteiger partial charge in [0.2, 0.25) is 0 Å². The van der Waals surface area contributed by atoms with Crippen LogP contribution in [0.4, 0.5) is 4.39 Å². The summed E-state index contributed by atoms with van der Waals surface area (Å²) in [5, 5.41) is 0. The fourth-order valence-corrected chi connectivity index (χ4v) is 0.319. The van der Waals surface area contributed by atoms with Gasteiger partial charge in [-0.1, -0.05) is 31.4 Å². The van der Waals surface area contributed by atoms with Crippen molar-refractivity contribution < 1.29 is 4.39 Å². The van der Waals surface area contributed by atoms with E-state index in [0.717, 1.165) is 0 Å². The summed E-state index contributed by atoms with van der Waals surface area (Å²) >= 11 is 0. The topological polar surface area (TPSA) is 0 Å². The molecule has 0 heterocycles. The van der Waals surface area contributed by atoms with Gasteiger partial charge in [-0.3, -0.25) is 0 Å². The average molecular weight is 112 g/mol. The highest BCUT2D eigenvalue weighted by molar-refractivity contribution is 5.20. The highest BCUT2D eigenvalue weighted by Crippen LogP contribution is 1.94. The van der Waals surface area contributed by atoms with Crippen LogP contribution < -0.4 is 0 Å². The van der Waals surface area contributed by atoms with Gasteiger partial charge in [0, 0.05) is 0 Å². The van der Waals surface area contributed by atoms with E-state index >= 15 is 0 Å². The van der Waals surface area contributed by atoms with E-state index in [4.69, 9.17) is 0 Å². The van der Waals surface area contributed by atoms with Crippen LogP contribution >= 0.6 is 0 Å². The van der Waals surface area contributed by atoms with Crippen molar-refractivity contribution in [3.8, 4) is 0 Å². The highest BCUT2D eigenvalue weighted by atomic mass is 19.1. The van der Waals surface area contributed by atoms with Crippen molar-refractivity contribution in [3.63, 3.8) is 0 Å². The van der Waals surface area contributed by atoms with Gasteiger partial charge in [0.05, 0.1) is 0 Å². The lowest BCUT2D eigenvalue weighted by atomic mass is 10.3. The summed E-state index contributed by atoms with van der Waals surface area (Å²) in [5.74, 6) is 0. The van der Waals surface area contributed by atoms with Gasteiger partial charge < -0.3 is 0 Å². The smallest absolute Gasteiger partial charge is 0.114 e. The van der Waals surface area contributed by atoms with E-state index in [1.165, 1.54) is 12.2 Å². The van der Waals surface area contributed by atoms with Crippen molar-refractivity contribution in [3.05, 3.63) is 37.0 Å². The Kier molecular flexibility index (Phi) is 3.85. The van der Waals surface area contributed by atoms with Crippen LogP contribution in [-0.4, -0.2) is 6.67 Å². The third kappa shape index (κ3) is 2.35. The molecule has 0 aliphatic rings. The maximum atomic E-state index is 11.7. The van der Waals surface area contributed by atoms with E-state index in [9.17, 15) is 4.39 Å². The first kappa shape index (κ1) is 7.15. The Morgan fingerprint density at radius 1 is 1.50 bits per heavy atom. The van der Waals surface area contributed by atoms with Crippen molar-refractivity contribution >= 4 is 0 Å². The van der Waals surface area contributed by atoms with Crippen LogP contribution in [-0.2, 0) is 0 Å². The molecule has 0 saturated heterocycles. The molecule has 0 fully saturated rings. The average Bonchev–Trinajstić information content (AvgIpc) is 1.83. The van der Waals surface area contributed by atoms with E-state index in [1.54, 1.807) is 6.08 Å². The summed E-state index contributed by atoms with van der Waals surface area (Å²) in [6.07, 6.45) is 4.60. The van der Waals surface area contributed by atoms with Crippen LogP contribution in [0.15, 0.2) is 37.0 Å². The monoisotopic (exact) mass is 112 g/mol. The van der Waals surface area contributed by atoms with E-state index in [0.29, 0.717) is 5.57 Å². The molecule has 44 valence electrons. The molecule has 0 bridgehead atoms. The lowest BCUT2D eigenvalue weighted by Gasteiger charge is -1.86. The standard InChI is InChI=1S/C7H9F/c1-3-5-7(4-2)6-8/h3-5H,1-2,6H2/b7-5+. The van der Waals surface area contributed by atoms with Crippen molar-refractivity contribution in [2.75, 3.05) is 6.67 Å². The molecule has 0 aromatic carbocycles. The van der Waals surface area contributed by atoms with Crippen LogP contribution in [0.2, 0.25) is 0 Å². The lowest BCUT2D eigenvalue weighted by molar-refractivity contribution is 0.549. The van der Waals surface area contributed by atoms with Gasteiger partial charge in [-0.25, -0.2) is 4.39 Å². The van der Waals surface area contributed by atoms with Crippen molar-refractivity contribution in [1.82, 2.24) is 0 Å². The van der Waals surface area contributed by atoms with E-state index in [2.05, 4.69) is 13.2 Å². The number of allylic oxidation sites excluding steroid dienone is 4. The predicted octanol–water partition coefficient (Wildman–Crippen LogP) is 2.25. The second-order valence-corrected chi connectivity index (χ2v) is 1.32. The molecule has 0 aromatic heterocycles. The van der Waals surface area contributed by atoms with Gasteiger partial charge in [-0.2, -0.15) is 0 Å². The van der Waals surface area contributed by atoms with Gasteiger partial charge in [0.25, 0.3) is 0 Å². The number of hydrogen-bond acceptors (Lipinski definition) is 0. The Bertz CT molecular complexity index is 112. The summed E-state index contributed by atoms with van der Waals surface area (Å²) in [4.78, 5) is 0. The SMILES string of the molecule is C=C/C=C(\C=C)CF. The minimum atomic E-state index is -0.463. The lowest BCUT2D eigenvalue weighted by Crippen LogP contribution is -1.75. The van der Waals surface area contributed by atoms with Crippen LogP contribution in [0.1, 0.15) is 0 Å². The molecule has 0 spiro atoms. The zero-order chi connectivity index (χ0) is 6.41. The summed E-state index contributed by atoms with van der Waals surface area (Å²) < 4.78 is 11.7. The van der Waals surface area contributed by atoms with Crippen LogP contribution in [0.3, 0.4) is 0 Å². The molecule has 0 aromatic rings. The second kappa shape index (κ2) is 4.31. The molecular formula is C7H9F. The van der Waals surface area contributed by atoms with E-state index < -0.39 is 6.67 Å². The Balaban J connectivity index is 3.84. The summed E-state index contributed by atoms with van der Waals surface area (Å²) in [6.45, 7) is 6.34. The first-order valence-electron chi connectivity index (χ1n) is 2.35. The number of hydrogen-bond donors (Lipinski definition) is 0. The largest absolute Gasteiger partial charge is 0.246 e. The maximum absolute atomic E-state index is 11.7. The molecule has 0 N–H and O–H groups in total. The van der Waals surface area contributed by atoms with E-state index in [1.807, 2.05) is 0 Å². The zero-order valence-corrected chi connectivity index (χ0v) is 4.73. The molecule has 0 aliphatic carbocycles. The van der Waals surface area contributed by atoms with Crippen molar-refractivity contribution in [1.29, 1.82) is 0 Å². The predicted molar refractivity (Wildman–Crippen MR) is 34.5 cm³/mol. The van der Waals surface area contributed by atoms with Crippen LogP contribution in [0.5, 0.6) is 0 Å². The molecule has 0 rings (SSSR count). The molecule has 0 nitrogen and oxygen atoms in total. The Morgan fingerprint density at radius 2 is 2.12 bits per heavy atom. The van der Waals surface area contributed by atoms with Gasteiger partial charge in [-0.05, 0) is 5.57 Å². The van der Waals surface area contributed by atoms with Gasteiger partial charge >= 0.3 is 0 Å². The van der Waals surface area contributed by atoms with Gasteiger partial charge in [0.15, 0.2) is 0 Å². The molecule has 0 atom stereocenters. The number of halogens is 1. The summed E-state index contributed by atoms with van der Waals surface area (Å²) in [6, 6.07) is 0. The van der Waals surface area contributed by atoms with Crippen LogP contribution in [0, 0.1) is 0 Å². The Labute approximate surface area is 49.0 Å². The minimum absolute atomic E-state index is 0.463. The Hall–Kier alpha value is -0.850. The molecule has 0 saturated carbocycles. The molecule has 0 radical (unpaired) electrons. The fraction of sp³-hybridized carbons (Fsp3) is 0.143. The second-order valence-electron chi connectivity index (χ2n) is 1.32. The summed E-state index contributed by atoms with van der Waals surface area (Å²) in [7, 11) is 0. The number of alkyl halides is 1. The third-order valence-electron chi connectivity index (χ3n) is 0.748.